The maximum absolute atomic E-state index is 12.9. The Morgan fingerprint density at radius 1 is 0.840 bits per heavy atom. The average molecular weight is 387 g/mol. The van der Waals surface area contributed by atoms with Crippen molar-refractivity contribution in [2.24, 2.45) is 5.92 Å². The van der Waals surface area contributed by atoms with Gasteiger partial charge in [0.05, 0.1) is 9.79 Å². The highest BCUT2D eigenvalue weighted by Gasteiger charge is 2.37. The standard InChI is InChI=1S/C17H26N2O4S2/c1-14(2)17-6-5-13-19(17)25(22,23)16-9-7-15(8-10-16)24(20,21)18-11-3-4-12-18/h7-10,14,17H,3-6,11-13H2,1-2H3. The van der Waals surface area contributed by atoms with Crippen LogP contribution in [0.3, 0.4) is 0 Å². The van der Waals surface area contributed by atoms with Crippen LogP contribution < -0.4 is 0 Å². The third-order valence-electron chi connectivity index (χ3n) is 5.15. The molecule has 0 radical (unpaired) electrons. The number of nitrogens with zero attached hydrogens (tertiary/aromatic N) is 2. The second-order valence-electron chi connectivity index (χ2n) is 7.15. The zero-order valence-corrected chi connectivity index (χ0v) is 16.4. The SMILES string of the molecule is CC(C)C1CCCN1S(=O)(=O)c1ccc(S(=O)(=O)N2CCCC2)cc1. The number of sulfonamides is 2. The fourth-order valence-corrected chi connectivity index (χ4v) is 7.07. The van der Waals surface area contributed by atoms with Crippen molar-refractivity contribution < 1.29 is 16.8 Å². The minimum Gasteiger partial charge on any atom is -0.207 e. The zero-order valence-electron chi connectivity index (χ0n) is 14.8. The van der Waals surface area contributed by atoms with Crippen LogP contribution in [0.5, 0.6) is 0 Å². The molecule has 1 unspecified atom stereocenters. The Morgan fingerprint density at radius 3 is 1.88 bits per heavy atom. The summed E-state index contributed by atoms with van der Waals surface area (Å²) in [6.07, 6.45) is 3.48. The van der Waals surface area contributed by atoms with Gasteiger partial charge in [0, 0.05) is 25.7 Å². The van der Waals surface area contributed by atoms with E-state index in [1.807, 2.05) is 13.8 Å². The molecule has 25 heavy (non-hydrogen) atoms. The molecule has 2 saturated heterocycles. The van der Waals surface area contributed by atoms with Gasteiger partial charge in [-0.1, -0.05) is 13.8 Å². The Labute approximate surface area is 150 Å². The van der Waals surface area contributed by atoms with E-state index in [1.54, 1.807) is 4.31 Å². The van der Waals surface area contributed by atoms with Gasteiger partial charge in [0.2, 0.25) is 20.0 Å². The Morgan fingerprint density at radius 2 is 1.36 bits per heavy atom. The molecule has 0 amide bonds. The molecule has 2 heterocycles. The number of hydrogen-bond acceptors (Lipinski definition) is 4. The highest BCUT2D eigenvalue weighted by molar-refractivity contribution is 7.89. The van der Waals surface area contributed by atoms with Crippen LogP contribution >= 0.6 is 0 Å². The van der Waals surface area contributed by atoms with Crippen molar-refractivity contribution in [3.63, 3.8) is 0 Å². The lowest BCUT2D eigenvalue weighted by Crippen LogP contribution is -2.38. The number of benzene rings is 1. The van der Waals surface area contributed by atoms with Crippen LogP contribution in [0.4, 0.5) is 0 Å². The van der Waals surface area contributed by atoms with E-state index in [1.165, 1.54) is 28.6 Å². The van der Waals surface area contributed by atoms with Gasteiger partial charge in [0.25, 0.3) is 0 Å². The van der Waals surface area contributed by atoms with Crippen molar-refractivity contribution in [3.8, 4) is 0 Å². The monoisotopic (exact) mass is 386 g/mol. The topological polar surface area (TPSA) is 74.8 Å². The van der Waals surface area contributed by atoms with Crippen LogP contribution in [0.1, 0.15) is 39.5 Å². The molecule has 8 heteroatoms. The largest absolute Gasteiger partial charge is 0.243 e. The van der Waals surface area contributed by atoms with Gasteiger partial charge in [0.1, 0.15) is 0 Å². The van der Waals surface area contributed by atoms with Gasteiger partial charge in [-0.05, 0) is 55.9 Å². The van der Waals surface area contributed by atoms with E-state index >= 15 is 0 Å². The fraction of sp³-hybridized carbons (Fsp3) is 0.647. The molecule has 0 saturated carbocycles. The Kier molecular flexibility index (Phi) is 5.26. The molecule has 0 bridgehead atoms. The summed E-state index contributed by atoms with van der Waals surface area (Å²) < 4.78 is 54.0. The molecule has 6 nitrogen and oxygen atoms in total. The maximum Gasteiger partial charge on any atom is 0.243 e. The minimum absolute atomic E-state index is 0.0120. The predicted octanol–water partition coefficient (Wildman–Crippen LogP) is 2.28. The summed E-state index contributed by atoms with van der Waals surface area (Å²) in [6.45, 7) is 5.66. The van der Waals surface area contributed by atoms with Gasteiger partial charge in [-0.3, -0.25) is 0 Å². The van der Waals surface area contributed by atoms with E-state index in [9.17, 15) is 16.8 Å². The molecule has 0 spiro atoms. The van der Waals surface area contributed by atoms with Gasteiger partial charge >= 0.3 is 0 Å². The average Bonchev–Trinajstić information content (AvgIpc) is 3.26. The van der Waals surface area contributed by atoms with E-state index in [2.05, 4.69) is 0 Å². The molecule has 0 aliphatic carbocycles. The summed E-state index contributed by atoms with van der Waals surface area (Å²) in [7, 11) is -7.11. The van der Waals surface area contributed by atoms with Gasteiger partial charge in [-0.25, -0.2) is 16.8 Å². The van der Waals surface area contributed by atoms with Crippen LogP contribution in [-0.4, -0.2) is 51.1 Å². The minimum atomic E-state index is -3.59. The second kappa shape index (κ2) is 6.98. The van der Waals surface area contributed by atoms with Gasteiger partial charge in [-0.2, -0.15) is 8.61 Å². The molecule has 0 aromatic heterocycles. The van der Waals surface area contributed by atoms with Crippen LogP contribution in [0.15, 0.2) is 34.1 Å². The maximum atomic E-state index is 12.9. The molecule has 1 aromatic carbocycles. The third-order valence-corrected chi connectivity index (χ3v) is 9.00. The smallest absolute Gasteiger partial charge is 0.207 e. The van der Waals surface area contributed by atoms with Crippen LogP contribution in [0.25, 0.3) is 0 Å². The van der Waals surface area contributed by atoms with E-state index in [0.29, 0.717) is 19.6 Å². The van der Waals surface area contributed by atoms with Gasteiger partial charge in [0.15, 0.2) is 0 Å². The van der Waals surface area contributed by atoms with Crippen molar-refractivity contribution >= 4 is 20.0 Å². The first-order chi connectivity index (χ1) is 11.7. The van der Waals surface area contributed by atoms with E-state index in [4.69, 9.17) is 0 Å². The van der Waals surface area contributed by atoms with Crippen LogP contribution in [0.2, 0.25) is 0 Å². The number of rotatable bonds is 5. The lowest BCUT2D eigenvalue weighted by molar-refractivity contribution is 0.316. The van der Waals surface area contributed by atoms with Crippen molar-refractivity contribution in [1.29, 1.82) is 0 Å². The molecule has 2 aliphatic heterocycles. The molecule has 0 N–H and O–H groups in total. The first kappa shape index (κ1) is 18.8. The van der Waals surface area contributed by atoms with Gasteiger partial charge in [-0.15, -0.1) is 0 Å². The number of hydrogen-bond donors (Lipinski definition) is 0. The first-order valence-electron chi connectivity index (χ1n) is 8.86. The van der Waals surface area contributed by atoms with Crippen molar-refractivity contribution in [3.05, 3.63) is 24.3 Å². The lowest BCUT2D eigenvalue weighted by Gasteiger charge is -2.27. The molecule has 2 aliphatic rings. The quantitative estimate of drug-likeness (QED) is 0.778. The van der Waals surface area contributed by atoms with Crippen molar-refractivity contribution in [2.45, 2.75) is 55.4 Å². The predicted molar refractivity (Wildman–Crippen MR) is 96.2 cm³/mol. The fourth-order valence-electron chi connectivity index (χ4n) is 3.73. The van der Waals surface area contributed by atoms with E-state index in [-0.39, 0.29) is 21.8 Å². The normalized spacial score (nSPS) is 23.6. The zero-order chi connectivity index (χ0) is 18.2. The summed E-state index contributed by atoms with van der Waals surface area (Å²) in [5.41, 5.74) is 0. The van der Waals surface area contributed by atoms with Crippen LogP contribution in [0, 0.1) is 5.92 Å². The summed E-state index contributed by atoms with van der Waals surface area (Å²) in [5, 5.41) is 0. The second-order valence-corrected chi connectivity index (χ2v) is 11.0. The third kappa shape index (κ3) is 3.49. The summed E-state index contributed by atoms with van der Waals surface area (Å²) in [5.74, 6) is 0.257. The highest BCUT2D eigenvalue weighted by Crippen LogP contribution is 2.31. The van der Waals surface area contributed by atoms with E-state index < -0.39 is 20.0 Å². The molecule has 140 valence electrons. The first-order valence-corrected chi connectivity index (χ1v) is 11.7. The lowest BCUT2D eigenvalue weighted by atomic mass is 10.0. The highest BCUT2D eigenvalue weighted by atomic mass is 32.2. The Balaban J connectivity index is 1.87. The molecule has 2 fully saturated rings. The van der Waals surface area contributed by atoms with E-state index in [0.717, 1.165) is 25.7 Å². The molecule has 1 aromatic rings. The van der Waals surface area contributed by atoms with Gasteiger partial charge < -0.3 is 0 Å². The molecule has 3 rings (SSSR count). The summed E-state index contributed by atoms with van der Waals surface area (Å²) in [4.78, 5) is 0.329. The van der Waals surface area contributed by atoms with Crippen molar-refractivity contribution in [2.75, 3.05) is 19.6 Å². The van der Waals surface area contributed by atoms with Crippen LogP contribution in [-0.2, 0) is 20.0 Å². The summed E-state index contributed by atoms with van der Waals surface area (Å²) in [6, 6.07) is 5.70. The molecular formula is C17H26N2O4S2. The molecular weight excluding hydrogens is 360 g/mol. The van der Waals surface area contributed by atoms with Crippen molar-refractivity contribution in [1.82, 2.24) is 8.61 Å². The molecule has 1 atom stereocenters. The summed E-state index contributed by atoms with van der Waals surface area (Å²) >= 11 is 0. The Bertz CT molecular complexity index is 811. The Hall–Kier alpha value is -0.960.